The van der Waals surface area contributed by atoms with Crippen molar-refractivity contribution < 1.29 is 0 Å². The first-order valence-corrected chi connectivity index (χ1v) is 9.36. The lowest BCUT2D eigenvalue weighted by Crippen LogP contribution is -2.30. The van der Waals surface area contributed by atoms with Crippen LogP contribution < -0.4 is 0 Å². The Hall–Kier alpha value is -2.14. The summed E-state index contributed by atoms with van der Waals surface area (Å²) in [6.45, 7) is 11.6. The molecule has 5 heteroatoms. The van der Waals surface area contributed by atoms with E-state index >= 15 is 0 Å². The minimum absolute atomic E-state index is 0.565. The molecule has 1 aliphatic rings. The molecule has 25 heavy (non-hydrogen) atoms. The van der Waals surface area contributed by atoms with E-state index in [2.05, 4.69) is 59.3 Å². The van der Waals surface area contributed by atoms with Crippen LogP contribution in [-0.4, -0.2) is 36.8 Å². The fourth-order valence-electron chi connectivity index (χ4n) is 3.41. The summed E-state index contributed by atoms with van der Waals surface area (Å²) in [5, 5.41) is 4.84. The Balaban J connectivity index is 0.000000880. The number of para-hydroxylation sites is 2. The molecule has 134 valence electrons. The summed E-state index contributed by atoms with van der Waals surface area (Å²) in [5.41, 5.74) is 4.44. The second-order valence-electron chi connectivity index (χ2n) is 6.64. The molecule has 0 saturated heterocycles. The Bertz CT molecular complexity index is 843. The van der Waals surface area contributed by atoms with Crippen LogP contribution >= 0.6 is 0 Å². The number of benzene rings is 1. The number of hydrogen-bond acceptors (Lipinski definition) is 3. The van der Waals surface area contributed by atoms with Gasteiger partial charge in [0.05, 0.1) is 16.7 Å². The molecule has 0 radical (unpaired) electrons. The summed E-state index contributed by atoms with van der Waals surface area (Å²) in [4.78, 5) is 7.29. The average molecular weight is 339 g/mol. The predicted molar refractivity (Wildman–Crippen MR) is 103 cm³/mol. The molecule has 0 atom stereocenters. The van der Waals surface area contributed by atoms with Crippen molar-refractivity contribution in [2.45, 2.75) is 53.2 Å². The van der Waals surface area contributed by atoms with Crippen LogP contribution in [0, 0.1) is 0 Å². The summed E-state index contributed by atoms with van der Waals surface area (Å²) in [6, 6.07) is 11.0. The first-order valence-electron chi connectivity index (χ1n) is 9.36. The molecule has 0 aliphatic carbocycles. The standard InChI is InChI=1S/C18H23N5.C2H6/c1-13(2)22-9-6-10-23-14(12-22)11-16(20-23)18-19-15-7-4-5-8-17(15)21(18)3;1-2/h4-5,7-8,11,13H,6,9-10,12H2,1-3H3;1-2H3. The largest absolute Gasteiger partial charge is 0.326 e. The monoisotopic (exact) mass is 339 g/mol. The summed E-state index contributed by atoms with van der Waals surface area (Å²) in [6.07, 6.45) is 1.15. The maximum Gasteiger partial charge on any atom is 0.161 e. The van der Waals surface area contributed by atoms with Gasteiger partial charge in [0, 0.05) is 32.7 Å². The van der Waals surface area contributed by atoms with Gasteiger partial charge < -0.3 is 4.57 Å². The highest BCUT2D eigenvalue weighted by Crippen LogP contribution is 2.25. The molecule has 2 aromatic heterocycles. The van der Waals surface area contributed by atoms with Gasteiger partial charge in [-0.2, -0.15) is 5.10 Å². The van der Waals surface area contributed by atoms with E-state index in [1.807, 2.05) is 19.9 Å². The van der Waals surface area contributed by atoms with Crippen LogP contribution in [0.3, 0.4) is 0 Å². The minimum Gasteiger partial charge on any atom is -0.326 e. The van der Waals surface area contributed by atoms with E-state index in [1.165, 1.54) is 5.69 Å². The van der Waals surface area contributed by atoms with Crippen LogP contribution in [0.15, 0.2) is 30.3 Å². The van der Waals surface area contributed by atoms with Crippen LogP contribution in [0.5, 0.6) is 0 Å². The molecule has 3 aromatic rings. The van der Waals surface area contributed by atoms with E-state index < -0.39 is 0 Å². The zero-order valence-corrected chi connectivity index (χ0v) is 16.0. The van der Waals surface area contributed by atoms with Gasteiger partial charge in [-0.3, -0.25) is 9.58 Å². The van der Waals surface area contributed by atoms with Crippen molar-refractivity contribution in [2.75, 3.05) is 6.54 Å². The van der Waals surface area contributed by atoms with Crippen LogP contribution in [-0.2, 0) is 20.1 Å². The molecule has 1 aromatic carbocycles. The normalized spacial score (nSPS) is 15.0. The van der Waals surface area contributed by atoms with Crippen LogP contribution in [0.1, 0.15) is 39.8 Å². The third kappa shape index (κ3) is 3.33. The minimum atomic E-state index is 0.565. The van der Waals surface area contributed by atoms with E-state index in [4.69, 9.17) is 10.1 Å². The third-order valence-electron chi connectivity index (χ3n) is 4.79. The lowest BCUT2D eigenvalue weighted by atomic mass is 10.2. The molecule has 0 saturated carbocycles. The van der Waals surface area contributed by atoms with E-state index in [1.54, 1.807) is 0 Å². The predicted octanol–water partition coefficient (Wildman–Crippen LogP) is 4.08. The fraction of sp³-hybridized carbons (Fsp3) is 0.500. The number of nitrogens with zero attached hydrogens (tertiary/aromatic N) is 5. The lowest BCUT2D eigenvalue weighted by Gasteiger charge is -2.23. The molecule has 1 aliphatic heterocycles. The molecule has 0 spiro atoms. The Morgan fingerprint density at radius 3 is 2.56 bits per heavy atom. The maximum atomic E-state index is 4.84. The van der Waals surface area contributed by atoms with Gasteiger partial charge in [0.25, 0.3) is 0 Å². The van der Waals surface area contributed by atoms with Gasteiger partial charge in [-0.25, -0.2) is 4.98 Å². The van der Waals surface area contributed by atoms with Crippen LogP contribution in [0.25, 0.3) is 22.6 Å². The zero-order chi connectivity index (χ0) is 18.0. The van der Waals surface area contributed by atoms with Crippen molar-refractivity contribution in [3.63, 3.8) is 0 Å². The Labute approximate surface area is 150 Å². The lowest BCUT2D eigenvalue weighted by molar-refractivity contribution is 0.216. The Kier molecular flexibility index (Phi) is 5.23. The van der Waals surface area contributed by atoms with Crippen molar-refractivity contribution >= 4 is 11.0 Å². The number of fused-ring (bicyclic) bond motifs is 2. The first kappa shape index (κ1) is 17.7. The summed E-state index contributed by atoms with van der Waals surface area (Å²) < 4.78 is 4.30. The van der Waals surface area contributed by atoms with Gasteiger partial charge in [0.1, 0.15) is 5.69 Å². The molecule has 0 bridgehead atoms. The average Bonchev–Trinajstić information content (AvgIpc) is 3.11. The van der Waals surface area contributed by atoms with E-state index in [9.17, 15) is 0 Å². The van der Waals surface area contributed by atoms with E-state index in [-0.39, 0.29) is 0 Å². The molecule has 4 rings (SSSR count). The number of hydrogen-bond donors (Lipinski definition) is 0. The van der Waals surface area contributed by atoms with Crippen LogP contribution in [0.2, 0.25) is 0 Å². The third-order valence-corrected chi connectivity index (χ3v) is 4.79. The van der Waals surface area contributed by atoms with Gasteiger partial charge in [0.15, 0.2) is 5.82 Å². The highest BCUT2D eigenvalue weighted by atomic mass is 15.3. The maximum absolute atomic E-state index is 4.84. The Morgan fingerprint density at radius 2 is 1.84 bits per heavy atom. The van der Waals surface area contributed by atoms with Crippen molar-refractivity contribution in [1.29, 1.82) is 0 Å². The molecule has 0 unspecified atom stereocenters. The second-order valence-corrected chi connectivity index (χ2v) is 6.64. The van der Waals surface area contributed by atoms with Crippen molar-refractivity contribution in [3.8, 4) is 11.5 Å². The number of rotatable bonds is 2. The molecule has 0 N–H and O–H groups in total. The van der Waals surface area contributed by atoms with Crippen molar-refractivity contribution in [2.24, 2.45) is 7.05 Å². The van der Waals surface area contributed by atoms with Gasteiger partial charge >= 0.3 is 0 Å². The highest BCUT2D eigenvalue weighted by Gasteiger charge is 2.20. The number of aromatic nitrogens is 4. The summed E-state index contributed by atoms with van der Waals surface area (Å²) in [5.74, 6) is 0.947. The van der Waals surface area contributed by atoms with Gasteiger partial charge in [-0.1, -0.05) is 26.0 Å². The van der Waals surface area contributed by atoms with Crippen molar-refractivity contribution in [3.05, 3.63) is 36.0 Å². The molecule has 0 amide bonds. The second kappa shape index (κ2) is 7.40. The molecule has 3 heterocycles. The molecular formula is C20H29N5. The van der Waals surface area contributed by atoms with Crippen LogP contribution in [0.4, 0.5) is 0 Å². The summed E-state index contributed by atoms with van der Waals surface area (Å²) >= 11 is 0. The van der Waals surface area contributed by atoms with E-state index in [0.717, 1.165) is 48.6 Å². The molecule has 0 fully saturated rings. The summed E-state index contributed by atoms with van der Waals surface area (Å²) in [7, 11) is 2.07. The van der Waals surface area contributed by atoms with E-state index in [0.29, 0.717) is 6.04 Å². The van der Waals surface area contributed by atoms with Gasteiger partial charge in [0.2, 0.25) is 0 Å². The molecular weight excluding hydrogens is 310 g/mol. The zero-order valence-electron chi connectivity index (χ0n) is 16.0. The molecule has 5 nitrogen and oxygen atoms in total. The topological polar surface area (TPSA) is 38.9 Å². The number of aryl methyl sites for hydroxylation is 2. The van der Waals surface area contributed by atoms with Crippen molar-refractivity contribution in [1.82, 2.24) is 24.2 Å². The van der Waals surface area contributed by atoms with Gasteiger partial charge in [-0.15, -0.1) is 0 Å². The first-order chi connectivity index (χ1) is 12.1. The SMILES string of the molecule is CC.CC(C)N1CCCn2nc(-c3nc4ccccc4n3C)cc2C1. The number of imidazole rings is 1. The fourth-order valence-corrected chi connectivity index (χ4v) is 3.41. The van der Waals surface area contributed by atoms with Gasteiger partial charge in [-0.05, 0) is 38.5 Å². The highest BCUT2D eigenvalue weighted by molar-refractivity contribution is 5.79. The Morgan fingerprint density at radius 1 is 1.08 bits per heavy atom. The quantitative estimate of drug-likeness (QED) is 0.706. The smallest absolute Gasteiger partial charge is 0.161 e.